The lowest BCUT2D eigenvalue weighted by molar-refractivity contribution is -0.140. The van der Waals surface area contributed by atoms with Crippen molar-refractivity contribution in [2.24, 2.45) is 23.2 Å². The third-order valence-electron chi connectivity index (χ3n) is 7.34. The van der Waals surface area contributed by atoms with Gasteiger partial charge in [0.25, 0.3) is 0 Å². The standard InChI is InChI=1S/C24H26N4OS/c1-15-7-21(26-22(29)24-11-16-8-17(12-24)10-18(9-16)13-24)28(27-15)23-25-20(14-30-23)19-5-3-2-4-6-19/h2-7,14,16-18H,8-13H2,1H3,(H,26,29). The first-order valence-electron chi connectivity index (χ1n) is 11.0. The first-order chi connectivity index (χ1) is 14.6. The zero-order valence-electron chi connectivity index (χ0n) is 17.2. The highest BCUT2D eigenvalue weighted by atomic mass is 32.1. The summed E-state index contributed by atoms with van der Waals surface area (Å²) in [6, 6.07) is 12.1. The number of anilines is 1. The summed E-state index contributed by atoms with van der Waals surface area (Å²) in [5, 5.41) is 10.7. The van der Waals surface area contributed by atoms with Gasteiger partial charge in [0.05, 0.1) is 16.8 Å². The van der Waals surface area contributed by atoms with Gasteiger partial charge in [-0.15, -0.1) is 11.3 Å². The number of amides is 1. The van der Waals surface area contributed by atoms with Gasteiger partial charge in [-0.2, -0.15) is 9.78 Å². The number of benzene rings is 1. The number of nitrogens with zero attached hydrogens (tertiary/aromatic N) is 3. The van der Waals surface area contributed by atoms with E-state index in [0.29, 0.717) is 0 Å². The summed E-state index contributed by atoms with van der Waals surface area (Å²) in [6.07, 6.45) is 7.20. The summed E-state index contributed by atoms with van der Waals surface area (Å²) in [5.74, 6) is 3.19. The van der Waals surface area contributed by atoms with Crippen LogP contribution < -0.4 is 5.32 Å². The lowest BCUT2D eigenvalue weighted by Gasteiger charge is -2.55. The molecule has 4 aliphatic rings. The maximum absolute atomic E-state index is 13.5. The Balaban J connectivity index is 1.28. The predicted molar refractivity (Wildman–Crippen MR) is 119 cm³/mol. The van der Waals surface area contributed by atoms with Crippen LogP contribution in [0.2, 0.25) is 0 Å². The molecule has 0 unspecified atom stereocenters. The van der Waals surface area contributed by atoms with Crippen LogP contribution in [0.4, 0.5) is 5.82 Å². The van der Waals surface area contributed by atoms with E-state index in [1.165, 1.54) is 19.3 Å². The summed E-state index contributed by atoms with van der Waals surface area (Å²) in [7, 11) is 0. The highest BCUT2D eigenvalue weighted by Crippen LogP contribution is 2.60. The summed E-state index contributed by atoms with van der Waals surface area (Å²) in [6.45, 7) is 1.96. The second kappa shape index (κ2) is 6.77. The van der Waals surface area contributed by atoms with Gasteiger partial charge in [0.15, 0.2) is 0 Å². The molecule has 6 heteroatoms. The summed E-state index contributed by atoms with van der Waals surface area (Å²) in [4.78, 5) is 18.3. The van der Waals surface area contributed by atoms with Gasteiger partial charge in [0.1, 0.15) is 5.82 Å². The van der Waals surface area contributed by atoms with Crippen molar-refractivity contribution in [2.75, 3.05) is 5.32 Å². The molecule has 1 N–H and O–H groups in total. The molecule has 0 radical (unpaired) electrons. The Morgan fingerprint density at radius 1 is 1.10 bits per heavy atom. The minimum atomic E-state index is -0.171. The zero-order valence-corrected chi connectivity index (χ0v) is 18.0. The molecule has 2 heterocycles. The minimum Gasteiger partial charge on any atom is -0.310 e. The van der Waals surface area contributed by atoms with Crippen molar-refractivity contribution in [3.8, 4) is 16.4 Å². The number of nitrogens with one attached hydrogen (secondary N) is 1. The van der Waals surface area contributed by atoms with Gasteiger partial charge in [0, 0.05) is 17.0 Å². The van der Waals surface area contributed by atoms with Crippen molar-refractivity contribution in [1.29, 1.82) is 0 Å². The number of carbonyl (C=O) groups is 1. The lowest BCUT2D eigenvalue weighted by atomic mass is 9.49. The van der Waals surface area contributed by atoms with Crippen LogP contribution in [0, 0.1) is 30.1 Å². The second-order valence-electron chi connectivity index (χ2n) is 9.62. The average Bonchev–Trinajstić information content (AvgIpc) is 3.34. The van der Waals surface area contributed by atoms with Crippen LogP contribution in [0.15, 0.2) is 41.8 Å². The van der Waals surface area contributed by atoms with Crippen LogP contribution in [-0.2, 0) is 4.79 Å². The molecule has 4 fully saturated rings. The highest BCUT2D eigenvalue weighted by Gasteiger charge is 2.54. The number of hydrogen-bond donors (Lipinski definition) is 1. The van der Waals surface area contributed by atoms with E-state index in [4.69, 9.17) is 4.98 Å². The predicted octanol–water partition coefficient (Wildman–Crippen LogP) is 5.46. The van der Waals surface area contributed by atoms with E-state index in [2.05, 4.69) is 22.5 Å². The second-order valence-corrected chi connectivity index (χ2v) is 10.5. The summed E-state index contributed by atoms with van der Waals surface area (Å²) in [5.41, 5.74) is 2.73. The molecule has 5 nitrogen and oxygen atoms in total. The number of carbonyl (C=O) groups excluding carboxylic acids is 1. The molecule has 154 valence electrons. The third-order valence-corrected chi connectivity index (χ3v) is 8.15. The SMILES string of the molecule is Cc1cc(NC(=O)C23CC4CC(CC(C4)C2)C3)n(-c2nc(-c3ccccc3)cs2)n1. The molecule has 0 spiro atoms. The minimum absolute atomic E-state index is 0.171. The van der Waals surface area contributed by atoms with Gasteiger partial charge < -0.3 is 5.32 Å². The molecule has 1 amide bonds. The maximum atomic E-state index is 13.5. The molecule has 4 saturated carbocycles. The average molecular weight is 419 g/mol. The van der Waals surface area contributed by atoms with E-state index in [-0.39, 0.29) is 11.3 Å². The molecule has 30 heavy (non-hydrogen) atoms. The smallest absolute Gasteiger partial charge is 0.231 e. The molecule has 0 atom stereocenters. The van der Waals surface area contributed by atoms with Gasteiger partial charge in [-0.05, 0) is 63.2 Å². The first-order valence-corrected chi connectivity index (χ1v) is 11.9. The van der Waals surface area contributed by atoms with E-state index < -0.39 is 0 Å². The van der Waals surface area contributed by atoms with Crippen molar-refractivity contribution in [2.45, 2.75) is 45.4 Å². The molecule has 7 rings (SSSR count). The molecule has 1 aromatic carbocycles. The topological polar surface area (TPSA) is 59.8 Å². The van der Waals surface area contributed by atoms with Crippen LogP contribution in [0.5, 0.6) is 0 Å². The molecule has 2 aromatic heterocycles. The Hall–Kier alpha value is -2.47. The maximum Gasteiger partial charge on any atom is 0.231 e. The fourth-order valence-electron chi connectivity index (χ4n) is 6.48. The fraction of sp³-hybridized carbons (Fsp3) is 0.458. The Morgan fingerprint density at radius 2 is 1.77 bits per heavy atom. The number of thiazole rings is 1. The Morgan fingerprint density at radius 3 is 2.43 bits per heavy atom. The monoisotopic (exact) mass is 418 g/mol. The summed E-state index contributed by atoms with van der Waals surface area (Å²) >= 11 is 1.55. The van der Waals surface area contributed by atoms with Crippen molar-refractivity contribution >= 4 is 23.1 Å². The van der Waals surface area contributed by atoms with E-state index in [9.17, 15) is 4.79 Å². The van der Waals surface area contributed by atoms with E-state index in [1.807, 2.05) is 36.6 Å². The lowest BCUT2D eigenvalue weighted by Crippen LogP contribution is -2.51. The van der Waals surface area contributed by atoms with Gasteiger partial charge in [0.2, 0.25) is 11.0 Å². The zero-order chi connectivity index (χ0) is 20.3. The van der Waals surface area contributed by atoms with E-state index in [0.717, 1.165) is 64.9 Å². The highest BCUT2D eigenvalue weighted by molar-refractivity contribution is 7.12. The Bertz CT molecular complexity index is 1060. The van der Waals surface area contributed by atoms with Gasteiger partial charge in [-0.1, -0.05) is 30.3 Å². The van der Waals surface area contributed by atoms with Crippen LogP contribution in [0.25, 0.3) is 16.4 Å². The molecule has 4 bridgehead atoms. The van der Waals surface area contributed by atoms with Gasteiger partial charge in [-0.3, -0.25) is 4.79 Å². The van der Waals surface area contributed by atoms with Gasteiger partial charge >= 0.3 is 0 Å². The molecular weight excluding hydrogens is 392 g/mol. The van der Waals surface area contributed by atoms with Crippen molar-refractivity contribution in [3.05, 3.63) is 47.5 Å². The largest absolute Gasteiger partial charge is 0.310 e. The quantitative estimate of drug-likeness (QED) is 0.612. The molecular formula is C24H26N4OS. The first kappa shape index (κ1) is 18.3. The van der Waals surface area contributed by atoms with Crippen LogP contribution >= 0.6 is 11.3 Å². The number of aromatic nitrogens is 3. The number of aryl methyl sites for hydroxylation is 1. The van der Waals surface area contributed by atoms with Crippen LogP contribution in [0.3, 0.4) is 0 Å². The molecule has 0 aliphatic heterocycles. The third kappa shape index (κ3) is 3.00. The molecule has 4 aliphatic carbocycles. The number of hydrogen-bond acceptors (Lipinski definition) is 4. The summed E-state index contributed by atoms with van der Waals surface area (Å²) < 4.78 is 1.80. The van der Waals surface area contributed by atoms with Crippen molar-refractivity contribution in [1.82, 2.24) is 14.8 Å². The molecule has 3 aromatic rings. The Labute approximate surface area is 180 Å². The van der Waals surface area contributed by atoms with Crippen LogP contribution in [0.1, 0.15) is 44.2 Å². The van der Waals surface area contributed by atoms with Crippen molar-refractivity contribution in [3.63, 3.8) is 0 Å². The van der Waals surface area contributed by atoms with E-state index >= 15 is 0 Å². The van der Waals surface area contributed by atoms with E-state index in [1.54, 1.807) is 16.0 Å². The van der Waals surface area contributed by atoms with Crippen molar-refractivity contribution < 1.29 is 4.79 Å². The van der Waals surface area contributed by atoms with Gasteiger partial charge in [-0.25, -0.2) is 4.98 Å². The normalized spacial score (nSPS) is 29.3. The number of rotatable bonds is 4. The molecule has 0 saturated heterocycles. The Kier molecular flexibility index (Phi) is 4.13. The van der Waals surface area contributed by atoms with Crippen LogP contribution in [-0.4, -0.2) is 20.7 Å². The fourth-order valence-corrected chi connectivity index (χ4v) is 7.27.